The SMILES string of the molecule is CCNC(=O)c1cc(-c2ccc(C)c(/C=C(\CC)c3nc(C)no3)c2)c(C)cn1. The molecule has 2 heterocycles. The van der Waals surface area contributed by atoms with Gasteiger partial charge in [0, 0.05) is 18.3 Å². The molecule has 3 rings (SSSR count). The first kappa shape index (κ1) is 20.5. The van der Waals surface area contributed by atoms with Crippen molar-refractivity contribution < 1.29 is 9.32 Å². The zero-order valence-corrected chi connectivity index (χ0v) is 17.5. The second-order valence-corrected chi connectivity index (χ2v) is 6.99. The lowest BCUT2D eigenvalue weighted by Gasteiger charge is -2.11. The average Bonchev–Trinajstić information content (AvgIpc) is 3.14. The number of aromatic nitrogens is 3. The second-order valence-electron chi connectivity index (χ2n) is 6.99. The first-order valence-electron chi connectivity index (χ1n) is 9.80. The van der Waals surface area contributed by atoms with E-state index in [1.807, 2.05) is 26.8 Å². The number of amides is 1. The van der Waals surface area contributed by atoms with E-state index in [-0.39, 0.29) is 5.91 Å². The van der Waals surface area contributed by atoms with Crippen LogP contribution in [0.15, 0.2) is 35.0 Å². The van der Waals surface area contributed by atoms with Crippen LogP contribution in [0.25, 0.3) is 22.8 Å². The van der Waals surface area contributed by atoms with Gasteiger partial charge >= 0.3 is 0 Å². The lowest BCUT2D eigenvalue weighted by atomic mass is 9.95. The number of nitrogens with one attached hydrogen (secondary N) is 1. The van der Waals surface area contributed by atoms with Gasteiger partial charge in [-0.3, -0.25) is 9.78 Å². The van der Waals surface area contributed by atoms with Crippen LogP contribution in [0.2, 0.25) is 0 Å². The molecule has 0 unspecified atom stereocenters. The van der Waals surface area contributed by atoms with Gasteiger partial charge < -0.3 is 9.84 Å². The molecule has 3 aromatic rings. The smallest absolute Gasteiger partial charge is 0.269 e. The van der Waals surface area contributed by atoms with Crippen LogP contribution < -0.4 is 5.32 Å². The number of benzene rings is 1. The molecule has 29 heavy (non-hydrogen) atoms. The molecular formula is C23H26N4O2. The largest absolute Gasteiger partial charge is 0.351 e. The minimum atomic E-state index is -0.166. The molecule has 0 fully saturated rings. The van der Waals surface area contributed by atoms with Crippen molar-refractivity contribution in [1.82, 2.24) is 20.4 Å². The highest BCUT2D eigenvalue weighted by Crippen LogP contribution is 2.28. The third-order valence-corrected chi connectivity index (χ3v) is 4.78. The summed E-state index contributed by atoms with van der Waals surface area (Å²) in [4.78, 5) is 20.8. The highest BCUT2D eigenvalue weighted by molar-refractivity contribution is 5.93. The van der Waals surface area contributed by atoms with Gasteiger partial charge in [0.2, 0.25) is 0 Å². The van der Waals surface area contributed by atoms with Crippen molar-refractivity contribution in [2.45, 2.75) is 41.0 Å². The highest BCUT2D eigenvalue weighted by Gasteiger charge is 2.13. The predicted octanol–water partition coefficient (Wildman–Crippen LogP) is 4.76. The molecule has 150 valence electrons. The van der Waals surface area contributed by atoms with Gasteiger partial charge in [-0.2, -0.15) is 4.98 Å². The summed E-state index contributed by atoms with van der Waals surface area (Å²) in [7, 11) is 0. The van der Waals surface area contributed by atoms with E-state index in [1.54, 1.807) is 6.20 Å². The minimum Gasteiger partial charge on any atom is -0.351 e. The molecule has 0 aliphatic rings. The van der Waals surface area contributed by atoms with E-state index in [0.717, 1.165) is 39.8 Å². The Hall–Kier alpha value is -3.28. The number of hydrogen-bond donors (Lipinski definition) is 1. The summed E-state index contributed by atoms with van der Waals surface area (Å²) in [6.45, 7) is 10.4. The van der Waals surface area contributed by atoms with Crippen LogP contribution in [0, 0.1) is 20.8 Å². The fourth-order valence-corrected chi connectivity index (χ4v) is 3.10. The monoisotopic (exact) mass is 390 g/mol. The number of aryl methyl sites for hydroxylation is 3. The zero-order valence-electron chi connectivity index (χ0n) is 17.5. The fourth-order valence-electron chi connectivity index (χ4n) is 3.10. The summed E-state index contributed by atoms with van der Waals surface area (Å²) in [5.74, 6) is 1.00. The molecule has 1 amide bonds. The Balaban J connectivity index is 2.04. The van der Waals surface area contributed by atoms with Crippen molar-refractivity contribution in [1.29, 1.82) is 0 Å². The normalized spacial score (nSPS) is 11.6. The van der Waals surface area contributed by atoms with Gasteiger partial charge in [0.1, 0.15) is 5.69 Å². The van der Waals surface area contributed by atoms with Crippen LogP contribution in [-0.2, 0) is 0 Å². The van der Waals surface area contributed by atoms with Crippen molar-refractivity contribution in [2.75, 3.05) is 6.54 Å². The third-order valence-electron chi connectivity index (χ3n) is 4.78. The molecule has 0 radical (unpaired) electrons. The molecule has 1 N–H and O–H groups in total. The van der Waals surface area contributed by atoms with Gasteiger partial charge in [0.25, 0.3) is 11.8 Å². The van der Waals surface area contributed by atoms with Crippen molar-refractivity contribution in [3.05, 3.63) is 64.6 Å². The van der Waals surface area contributed by atoms with Gasteiger partial charge in [-0.1, -0.05) is 24.2 Å². The fraction of sp³-hybridized carbons (Fsp3) is 0.304. The topological polar surface area (TPSA) is 80.9 Å². The van der Waals surface area contributed by atoms with E-state index in [9.17, 15) is 4.79 Å². The number of hydrogen-bond acceptors (Lipinski definition) is 5. The number of nitrogens with zero attached hydrogens (tertiary/aromatic N) is 3. The number of carbonyl (C=O) groups excluding carboxylic acids is 1. The Morgan fingerprint density at radius 2 is 1.93 bits per heavy atom. The Morgan fingerprint density at radius 1 is 1.14 bits per heavy atom. The van der Waals surface area contributed by atoms with Crippen molar-refractivity contribution in [3.63, 3.8) is 0 Å². The van der Waals surface area contributed by atoms with Crippen LogP contribution in [0.4, 0.5) is 0 Å². The summed E-state index contributed by atoms with van der Waals surface area (Å²) in [6, 6.07) is 8.12. The first-order chi connectivity index (χ1) is 13.9. The molecule has 0 aliphatic carbocycles. The molecule has 0 saturated heterocycles. The van der Waals surface area contributed by atoms with Crippen LogP contribution in [-0.4, -0.2) is 27.6 Å². The minimum absolute atomic E-state index is 0.166. The zero-order chi connectivity index (χ0) is 21.0. The molecule has 0 saturated carbocycles. The number of carbonyl (C=O) groups is 1. The number of allylic oxidation sites excluding steroid dienone is 1. The van der Waals surface area contributed by atoms with Crippen LogP contribution >= 0.6 is 0 Å². The van der Waals surface area contributed by atoms with E-state index >= 15 is 0 Å². The number of pyridine rings is 1. The molecule has 0 spiro atoms. The number of rotatable bonds is 6. The van der Waals surface area contributed by atoms with E-state index in [1.165, 1.54) is 0 Å². The maximum atomic E-state index is 12.2. The lowest BCUT2D eigenvalue weighted by molar-refractivity contribution is 0.0951. The summed E-state index contributed by atoms with van der Waals surface area (Å²) in [5, 5.41) is 6.70. The van der Waals surface area contributed by atoms with Gasteiger partial charge in [0.15, 0.2) is 5.82 Å². The van der Waals surface area contributed by atoms with E-state index in [2.05, 4.69) is 58.6 Å². The Morgan fingerprint density at radius 3 is 2.59 bits per heavy atom. The molecule has 1 aromatic carbocycles. The summed E-state index contributed by atoms with van der Waals surface area (Å²) >= 11 is 0. The Bertz CT molecular complexity index is 1070. The maximum Gasteiger partial charge on any atom is 0.269 e. The quantitative estimate of drug-likeness (QED) is 0.656. The average molecular weight is 390 g/mol. The van der Waals surface area contributed by atoms with Gasteiger partial charge in [-0.15, -0.1) is 0 Å². The molecule has 6 heteroatoms. The molecule has 0 aliphatic heterocycles. The summed E-state index contributed by atoms with van der Waals surface area (Å²) in [6.07, 6.45) is 4.61. The van der Waals surface area contributed by atoms with E-state index in [0.29, 0.717) is 24.0 Å². The van der Waals surface area contributed by atoms with Gasteiger partial charge in [-0.25, -0.2) is 0 Å². The highest BCUT2D eigenvalue weighted by atomic mass is 16.5. The van der Waals surface area contributed by atoms with E-state index < -0.39 is 0 Å². The van der Waals surface area contributed by atoms with Crippen LogP contribution in [0.3, 0.4) is 0 Å². The predicted molar refractivity (Wildman–Crippen MR) is 114 cm³/mol. The summed E-state index contributed by atoms with van der Waals surface area (Å²) < 4.78 is 5.35. The molecular weight excluding hydrogens is 364 g/mol. The molecule has 2 aromatic heterocycles. The first-order valence-corrected chi connectivity index (χ1v) is 9.80. The molecule has 0 bridgehead atoms. The van der Waals surface area contributed by atoms with Gasteiger partial charge in [-0.05, 0) is 80.1 Å². The lowest BCUT2D eigenvalue weighted by Crippen LogP contribution is -2.23. The summed E-state index contributed by atoms with van der Waals surface area (Å²) in [5.41, 5.74) is 6.66. The molecule has 0 atom stereocenters. The Labute approximate surface area is 171 Å². The standard InChI is InChI=1S/C23H26N4O2/c1-6-17(23-26-16(5)27-29-23)10-19-11-18(9-8-14(19)3)20-12-21(22(28)24-7-2)25-13-15(20)4/h8-13H,6-7H2,1-5H3,(H,24,28)/b17-10+. The van der Waals surface area contributed by atoms with Crippen LogP contribution in [0.5, 0.6) is 0 Å². The molecule has 6 nitrogen and oxygen atoms in total. The van der Waals surface area contributed by atoms with E-state index in [4.69, 9.17) is 4.52 Å². The van der Waals surface area contributed by atoms with Gasteiger partial charge in [0.05, 0.1) is 0 Å². The maximum absolute atomic E-state index is 12.2. The third kappa shape index (κ3) is 4.59. The second kappa shape index (κ2) is 8.82. The van der Waals surface area contributed by atoms with Crippen molar-refractivity contribution in [3.8, 4) is 11.1 Å². The Kier molecular flexibility index (Phi) is 6.22. The van der Waals surface area contributed by atoms with Crippen LogP contribution in [0.1, 0.15) is 59.2 Å². The van der Waals surface area contributed by atoms with Crippen molar-refractivity contribution >= 4 is 17.6 Å². The van der Waals surface area contributed by atoms with Crippen molar-refractivity contribution in [2.24, 2.45) is 0 Å².